The maximum absolute atomic E-state index is 12.1. The van der Waals surface area contributed by atoms with Gasteiger partial charge in [-0.2, -0.15) is 0 Å². The Bertz CT molecular complexity index is 1170. The van der Waals surface area contributed by atoms with Crippen molar-refractivity contribution < 1.29 is 22.2 Å². The van der Waals surface area contributed by atoms with Crippen LogP contribution in [0.25, 0.3) is 22.3 Å². The number of alkyl carbamates (subject to hydrolysis) is 1. The SMILES string of the molecule is Cc1ccc2c(N3CC[C@H](CNC(=O)O[C@H]4CCOC4)C3)nc(-c3ccccc3O)nc2c1.[HH].[HH]. The van der Waals surface area contributed by atoms with Crippen LogP contribution in [0.2, 0.25) is 0 Å². The van der Waals surface area contributed by atoms with E-state index in [9.17, 15) is 9.90 Å². The number of phenolic OH excluding ortho intramolecular Hbond substituents is 1. The first-order valence-electron chi connectivity index (χ1n) is 11.4. The van der Waals surface area contributed by atoms with Crippen LogP contribution in [-0.2, 0) is 9.47 Å². The number of nitrogens with zero attached hydrogens (tertiary/aromatic N) is 3. The predicted octanol–water partition coefficient (Wildman–Crippen LogP) is 4.14. The van der Waals surface area contributed by atoms with Gasteiger partial charge in [-0.3, -0.25) is 0 Å². The zero-order valence-electron chi connectivity index (χ0n) is 18.7. The van der Waals surface area contributed by atoms with Gasteiger partial charge in [-0.1, -0.05) is 18.2 Å². The lowest BCUT2D eigenvalue weighted by molar-refractivity contribution is 0.0825. The smallest absolute Gasteiger partial charge is 0.407 e. The van der Waals surface area contributed by atoms with Gasteiger partial charge in [0.25, 0.3) is 0 Å². The Morgan fingerprint density at radius 2 is 2.15 bits per heavy atom. The fourth-order valence-corrected chi connectivity index (χ4v) is 4.47. The molecule has 0 saturated carbocycles. The highest BCUT2D eigenvalue weighted by Crippen LogP contribution is 2.33. The van der Waals surface area contributed by atoms with E-state index >= 15 is 0 Å². The highest BCUT2D eigenvalue weighted by Gasteiger charge is 2.27. The molecule has 2 aromatic carbocycles. The van der Waals surface area contributed by atoms with Crippen molar-refractivity contribution in [2.45, 2.75) is 25.9 Å². The average Bonchev–Trinajstić information content (AvgIpc) is 3.49. The quantitative estimate of drug-likeness (QED) is 0.600. The highest BCUT2D eigenvalue weighted by atomic mass is 16.6. The third kappa shape index (κ3) is 4.71. The van der Waals surface area contributed by atoms with Gasteiger partial charge in [-0.25, -0.2) is 14.8 Å². The number of rotatable bonds is 5. The monoisotopic (exact) mass is 452 g/mol. The number of ether oxygens (including phenoxy) is 2. The van der Waals surface area contributed by atoms with Gasteiger partial charge >= 0.3 is 6.09 Å². The Kier molecular flexibility index (Phi) is 6.00. The maximum Gasteiger partial charge on any atom is 0.407 e. The molecule has 0 radical (unpaired) electrons. The Hall–Kier alpha value is -3.39. The van der Waals surface area contributed by atoms with Crippen LogP contribution in [0, 0.1) is 12.8 Å². The third-order valence-electron chi connectivity index (χ3n) is 6.26. The van der Waals surface area contributed by atoms with E-state index in [1.54, 1.807) is 12.1 Å². The first-order chi connectivity index (χ1) is 16.1. The summed E-state index contributed by atoms with van der Waals surface area (Å²) >= 11 is 0. The number of carbonyl (C=O) groups excluding carboxylic acids is 1. The molecular weight excluding hydrogens is 420 g/mol. The van der Waals surface area contributed by atoms with E-state index in [0.717, 1.165) is 48.2 Å². The summed E-state index contributed by atoms with van der Waals surface area (Å²) in [4.78, 5) is 24.0. The van der Waals surface area contributed by atoms with Crippen LogP contribution in [0.3, 0.4) is 0 Å². The van der Waals surface area contributed by atoms with Crippen molar-refractivity contribution in [1.82, 2.24) is 15.3 Å². The molecule has 8 nitrogen and oxygen atoms in total. The van der Waals surface area contributed by atoms with Crippen LogP contribution in [-0.4, -0.2) is 60.1 Å². The molecule has 1 amide bonds. The zero-order chi connectivity index (χ0) is 22.8. The fraction of sp³-hybridized carbons (Fsp3) is 0.400. The number of hydrogen-bond donors (Lipinski definition) is 2. The van der Waals surface area contributed by atoms with E-state index in [2.05, 4.69) is 22.3 Å². The van der Waals surface area contributed by atoms with Crippen molar-refractivity contribution in [3.05, 3.63) is 48.0 Å². The number of aryl methyl sites for hydroxylation is 1. The van der Waals surface area contributed by atoms with Gasteiger partial charge in [0.15, 0.2) is 5.82 Å². The second-order valence-electron chi connectivity index (χ2n) is 8.78. The summed E-state index contributed by atoms with van der Waals surface area (Å²) in [6.45, 7) is 5.31. The van der Waals surface area contributed by atoms with Gasteiger partial charge in [0, 0.05) is 34.3 Å². The summed E-state index contributed by atoms with van der Waals surface area (Å²) in [5, 5.41) is 14.2. The van der Waals surface area contributed by atoms with E-state index < -0.39 is 0 Å². The van der Waals surface area contributed by atoms with Crippen molar-refractivity contribution in [2.24, 2.45) is 5.92 Å². The minimum atomic E-state index is -0.381. The number of fused-ring (bicyclic) bond motifs is 1. The summed E-state index contributed by atoms with van der Waals surface area (Å²) in [6, 6.07) is 13.3. The number of para-hydroxylation sites is 1. The average molecular weight is 453 g/mol. The lowest BCUT2D eigenvalue weighted by atomic mass is 10.1. The number of carbonyl (C=O) groups is 1. The molecule has 0 bridgehead atoms. The normalized spacial score (nSPS) is 20.3. The summed E-state index contributed by atoms with van der Waals surface area (Å²) in [5.41, 5.74) is 2.57. The first-order valence-corrected chi connectivity index (χ1v) is 11.4. The summed E-state index contributed by atoms with van der Waals surface area (Å²) in [7, 11) is 0. The highest BCUT2D eigenvalue weighted by molar-refractivity contribution is 5.92. The number of aromatic nitrogens is 2. The number of anilines is 1. The van der Waals surface area contributed by atoms with Gasteiger partial charge in [-0.05, 0) is 49.1 Å². The second kappa shape index (κ2) is 9.23. The molecule has 2 aliphatic heterocycles. The Morgan fingerprint density at radius 1 is 1.27 bits per heavy atom. The molecule has 33 heavy (non-hydrogen) atoms. The van der Waals surface area contributed by atoms with Crippen LogP contribution >= 0.6 is 0 Å². The molecule has 2 saturated heterocycles. The van der Waals surface area contributed by atoms with E-state index in [0.29, 0.717) is 37.1 Å². The van der Waals surface area contributed by atoms with Crippen LogP contribution in [0.5, 0.6) is 5.75 Å². The molecule has 2 N–H and O–H groups in total. The molecular formula is C25H32N4O4. The minimum Gasteiger partial charge on any atom is -0.507 e. The number of phenols is 1. The van der Waals surface area contributed by atoms with Gasteiger partial charge in [-0.15, -0.1) is 0 Å². The largest absolute Gasteiger partial charge is 0.507 e. The molecule has 3 heterocycles. The summed E-state index contributed by atoms with van der Waals surface area (Å²) < 4.78 is 10.6. The number of aromatic hydroxyl groups is 1. The molecule has 0 aliphatic carbocycles. The lowest BCUT2D eigenvalue weighted by Crippen LogP contribution is -2.34. The summed E-state index contributed by atoms with van der Waals surface area (Å²) in [6.07, 6.45) is 1.17. The Morgan fingerprint density at radius 3 is 2.97 bits per heavy atom. The van der Waals surface area contributed by atoms with Crippen molar-refractivity contribution in [3.63, 3.8) is 0 Å². The number of amides is 1. The van der Waals surface area contributed by atoms with Crippen LogP contribution in [0.1, 0.15) is 21.3 Å². The van der Waals surface area contributed by atoms with Gasteiger partial charge in [0.05, 0.1) is 24.3 Å². The number of hydrogen-bond acceptors (Lipinski definition) is 7. The van der Waals surface area contributed by atoms with Gasteiger partial charge in [0.2, 0.25) is 0 Å². The molecule has 2 atom stereocenters. The molecule has 176 valence electrons. The molecule has 2 aliphatic rings. The van der Waals surface area contributed by atoms with E-state index in [4.69, 9.17) is 19.4 Å². The van der Waals surface area contributed by atoms with Crippen molar-refractivity contribution in [1.29, 1.82) is 0 Å². The zero-order valence-corrected chi connectivity index (χ0v) is 18.7. The van der Waals surface area contributed by atoms with E-state index in [1.807, 2.05) is 25.1 Å². The molecule has 0 unspecified atom stereocenters. The minimum absolute atomic E-state index is 0. The standard InChI is InChI=1S/C25H28N4O4.2H2/c1-16-6-7-19-21(12-16)27-23(20-4-2-3-5-22(20)30)28-24(19)29-10-8-17(14-29)13-26-25(31)33-18-9-11-32-15-18;;/h2-7,12,17-18,30H,8-11,13-15H2,1H3,(H,26,31);2*1H/t17-,18+;;/m1../s1. The fourth-order valence-electron chi connectivity index (χ4n) is 4.47. The summed E-state index contributed by atoms with van der Waals surface area (Å²) in [5.74, 6) is 1.81. The van der Waals surface area contributed by atoms with Gasteiger partial charge in [0.1, 0.15) is 17.7 Å². The molecule has 0 spiro atoms. The number of benzene rings is 2. The molecule has 5 rings (SSSR count). The van der Waals surface area contributed by atoms with Crippen LogP contribution < -0.4 is 10.2 Å². The number of nitrogens with one attached hydrogen (secondary N) is 1. The van der Waals surface area contributed by atoms with Crippen molar-refractivity contribution >= 4 is 22.8 Å². The molecule has 8 heteroatoms. The van der Waals surface area contributed by atoms with Crippen LogP contribution in [0.15, 0.2) is 42.5 Å². The predicted molar refractivity (Wildman–Crippen MR) is 130 cm³/mol. The molecule has 1 aromatic heterocycles. The Labute approximate surface area is 195 Å². The van der Waals surface area contributed by atoms with Gasteiger partial charge < -0.3 is 24.8 Å². The van der Waals surface area contributed by atoms with E-state index in [1.165, 1.54) is 0 Å². The molecule has 3 aromatic rings. The topological polar surface area (TPSA) is 96.8 Å². The van der Waals surface area contributed by atoms with Crippen molar-refractivity contribution in [2.75, 3.05) is 37.7 Å². The third-order valence-corrected chi connectivity index (χ3v) is 6.26. The lowest BCUT2D eigenvalue weighted by Gasteiger charge is -2.21. The molecule has 2 fully saturated rings. The van der Waals surface area contributed by atoms with E-state index in [-0.39, 0.29) is 20.8 Å². The first kappa shape index (κ1) is 21.5. The maximum atomic E-state index is 12.1. The van der Waals surface area contributed by atoms with Crippen molar-refractivity contribution in [3.8, 4) is 17.1 Å². The second-order valence-corrected chi connectivity index (χ2v) is 8.78. The Balaban J connectivity index is 0.00000171. The van der Waals surface area contributed by atoms with Crippen LogP contribution in [0.4, 0.5) is 10.6 Å².